The summed E-state index contributed by atoms with van der Waals surface area (Å²) in [4.78, 5) is 33.2. The van der Waals surface area contributed by atoms with Crippen molar-refractivity contribution in [3.63, 3.8) is 0 Å². The first kappa shape index (κ1) is 20.6. The Morgan fingerprint density at radius 1 is 1.25 bits per heavy atom. The van der Waals surface area contributed by atoms with Gasteiger partial charge >= 0.3 is 5.97 Å². The van der Waals surface area contributed by atoms with Crippen molar-refractivity contribution in [2.45, 2.75) is 64.1 Å². The van der Waals surface area contributed by atoms with Crippen LogP contribution in [-0.2, 0) is 20.7 Å². The van der Waals surface area contributed by atoms with Gasteiger partial charge in [-0.3, -0.25) is 9.59 Å². The minimum absolute atomic E-state index is 0.0438. The topological polar surface area (TPSA) is 98.5 Å². The van der Waals surface area contributed by atoms with Crippen LogP contribution in [0.3, 0.4) is 0 Å². The molecule has 1 amide bonds. The van der Waals surface area contributed by atoms with Crippen LogP contribution < -0.4 is 5.32 Å². The smallest absolute Gasteiger partial charge is 0.310 e. The average Bonchev–Trinajstić information content (AvgIpc) is 3.08. The fourth-order valence-corrected chi connectivity index (χ4v) is 3.99. The van der Waals surface area contributed by atoms with E-state index < -0.39 is 5.97 Å². The SMILES string of the molecule is CSc1nc2nc(C)c(CC(=O)OCC(=O)N[C@@H]3CCCC[C@H]3C)c(C)n2n1. The number of rotatable bonds is 6. The van der Waals surface area contributed by atoms with Gasteiger partial charge in [0.25, 0.3) is 11.7 Å². The molecule has 3 rings (SSSR count). The van der Waals surface area contributed by atoms with Gasteiger partial charge in [-0.05, 0) is 38.9 Å². The van der Waals surface area contributed by atoms with E-state index in [0.29, 0.717) is 22.5 Å². The zero-order valence-electron chi connectivity index (χ0n) is 16.8. The van der Waals surface area contributed by atoms with E-state index in [9.17, 15) is 9.59 Å². The second-order valence-electron chi connectivity index (χ2n) is 7.34. The van der Waals surface area contributed by atoms with Gasteiger partial charge in [0.05, 0.1) is 6.42 Å². The normalized spacial score (nSPS) is 19.6. The van der Waals surface area contributed by atoms with E-state index in [0.717, 1.165) is 30.5 Å². The standard InChI is InChI=1S/C19H27N5O3S/c1-11-7-5-6-8-15(11)21-16(25)10-27-17(26)9-14-12(2)20-18-22-19(28-4)23-24(18)13(14)3/h11,15H,5-10H2,1-4H3,(H,21,25)/t11-,15-/m1/s1. The molecule has 0 saturated heterocycles. The second kappa shape index (κ2) is 8.89. The molecule has 0 unspecified atom stereocenters. The molecule has 0 bridgehead atoms. The Bertz CT molecular complexity index is 882. The molecule has 2 atom stereocenters. The number of nitrogens with zero attached hydrogens (tertiary/aromatic N) is 4. The highest BCUT2D eigenvalue weighted by Gasteiger charge is 2.23. The summed E-state index contributed by atoms with van der Waals surface area (Å²) in [5, 5.41) is 7.99. The van der Waals surface area contributed by atoms with Crippen molar-refractivity contribution >= 4 is 29.4 Å². The summed E-state index contributed by atoms with van der Waals surface area (Å²) >= 11 is 1.44. The Balaban J connectivity index is 1.59. The number of thioether (sulfide) groups is 1. The van der Waals surface area contributed by atoms with Crippen LogP contribution in [0.5, 0.6) is 0 Å². The number of aryl methyl sites for hydroxylation is 2. The first-order valence-electron chi connectivity index (χ1n) is 9.61. The van der Waals surface area contributed by atoms with E-state index in [-0.39, 0.29) is 25.0 Å². The minimum Gasteiger partial charge on any atom is -0.455 e. The lowest BCUT2D eigenvalue weighted by molar-refractivity contribution is -0.148. The van der Waals surface area contributed by atoms with Crippen molar-refractivity contribution in [1.82, 2.24) is 24.9 Å². The molecule has 0 aromatic carbocycles. The number of fused-ring (bicyclic) bond motifs is 1. The summed E-state index contributed by atoms with van der Waals surface area (Å²) < 4.78 is 6.84. The summed E-state index contributed by atoms with van der Waals surface area (Å²) in [7, 11) is 0. The lowest BCUT2D eigenvalue weighted by atomic mass is 9.86. The molecule has 1 aliphatic rings. The molecule has 1 N–H and O–H groups in total. The first-order chi connectivity index (χ1) is 13.4. The Morgan fingerprint density at radius 2 is 2.00 bits per heavy atom. The molecule has 2 aromatic rings. The molecular formula is C19H27N5O3S. The fourth-order valence-electron chi connectivity index (χ4n) is 3.65. The molecule has 1 fully saturated rings. The van der Waals surface area contributed by atoms with Crippen LogP contribution in [-0.4, -0.2) is 50.4 Å². The summed E-state index contributed by atoms with van der Waals surface area (Å²) in [6.07, 6.45) is 6.39. The van der Waals surface area contributed by atoms with E-state index in [2.05, 4.69) is 27.3 Å². The third-order valence-corrected chi connectivity index (χ3v) is 5.89. The van der Waals surface area contributed by atoms with Gasteiger partial charge in [-0.15, -0.1) is 5.10 Å². The predicted molar refractivity (Wildman–Crippen MR) is 106 cm³/mol. The maximum atomic E-state index is 12.3. The van der Waals surface area contributed by atoms with Gasteiger partial charge in [-0.25, -0.2) is 9.50 Å². The number of hydrogen-bond donors (Lipinski definition) is 1. The van der Waals surface area contributed by atoms with Crippen molar-refractivity contribution in [3.8, 4) is 0 Å². The first-order valence-corrected chi connectivity index (χ1v) is 10.8. The van der Waals surface area contributed by atoms with Crippen molar-refractivity contribution in [2.75, 3.05) is 12.9 Å². The molecule has 28 heavy (non-hydrogen) atoms. The number of carbonyl (C=O) groups is 2. The van der Waals surface area contributed by atoms with Gasteiger partial charge in [0.15, 0.2) is 6.61 Å². The number of amides is 1. The predicted octanol–water partition coefficient (Wildman–Crippen LogP) is 2.24. The van der Waals surface area contributed by atoms with Crippen LogP contribution in [0.25, 0.3) is 5.78 Å². The summed E-state index contributed by atoms with van der Waals surface area (Å²) in [5.74, 6) is 0.280. The number of aromatic nitrogens is 4. The van der Waals surface area contributed by atoms with Crippen LogP contribution >= 0.6 is 11.8 Å². The van der Waals surface area contributed by atoms with Crippen LogP contribution in [0.2, 0.25) is 0 Å². The Morgan fingerprint density at radius 3 is 2.71 bits per heavy atom. The number of nitrogens with one attached hydrogen (secondary N) is 1. The largest absolute Gasteiger partial charge is 0.455 e. The third kappa shape index (κ3) is 4.63. The summed E-state index contributed by atoms with van der Waals surface area (Å²) in [5.41, 5.74) is 2.26. The van der Waals surface area contributed by atoms with Crippen LogP contribution in [0.1, 0.15) is 49.6 Å². The van der Waals surface area contributed by atoms with Crippen LogP contribution in [0, 0.1) is 19.8 Å². The highest BCUT2D eigenvalue weighted by Crippen LogP contribution is 2.23. The van der Waals surface area contributed by atoms with Crippen molar-refractivity contribution in [1.29, 1.82) is 0 Å². The Hall–Kier alpha value is -2.16. The second-order valence-corrected chi connectivity index (χ2v) is 8.12. The lowest BCUT2D eigenvalue weighted by Gasteiger charge is -2.29. The highest BCUT2D eigenvalue weighted by atomic mass is 32.2. The molecule has 2 heterocycles. The molecule has 2 aromatic heterocycles. The molecule has 9 heteroatoms. The number of esters is 1. The molecule has 0 aliphatic heterocycles. The zero-order valence-corrected chi connectivity index (χ0v) is 17.6. The molecule has 8 nitrogen and oxygen atoms in total. The fraction of sp³-hybridized carbons (Fsp3) is 0.632. The molecule has 152 valence electrons. The number of carbonyl (C=O) groups excluding carboxylic acids is 2. The van der Waals surface area contributed by atoms with Gasteiger partial charge in [0.2, 0.25) is 5.16 Å². The van der Waals surface area contributed by atoms with Crippen LogP contribution in [0.4, 0.5) is 0 Å². The minimum atomic E-state index is -0.454. The molecule has 1 aliphatic carbocycles. The van der Waals surface area contributed by atoms with E-state index in [1.54, 1.807) is 4.52 Å². The van der Waals surface area contributed by atoms with Gasteiger partial charge in [-0.1, -0.05) is 31.5 Å². The molecule has 1 saturated carbocycles. The zero-order chi connectivity index (χ0) is 20.3. The lowest BCUT2D eigenvalue weighted by Crippen LogP contribution is -2.43. The number of ether oxygens (including phenoxy) is 1. The van der Waals surface area contributed by atoms with Gasteiger partial charge in [0.1, 0.15) is 0 Å². The van der Waals surface area contributed by atoms with E-state index in [1.165, 1.54) is 18.2 Å². The van der Waals surface area contributed by atoms with Crippen molar-refractivity contribution < 1.29 is 14.3 Å². The van der Waals surface area contributed by atoms with Crippen molar-refractivity contribution in [3.05, 3.63) is 17.0 Å². The quantitative estimate of drug-likeness (QED) is 0.581. The molecule has 0 spiro atoms. The average molecular weight is 406 g/mol. The maximum Gasteiger partial charge on any atom is 0.310 e. The van der Waals surface area contributed by atoms with Crippen molar-refractivity contribution in [2.24, 2.45) is 5.92 Å². The van der Waals surface area contributed by atoms with E-state index in [1.807, 2.05) is 20.1 Å². The van der Waals surface area contributed by atoms with Gasteiger partial charge in [0, 0.05) is 23.0 Å². The summed E-state index contributed by atoms with van der Waals surface area (Å²) in [6, 6.07) is 0.175. The van der Waals surface area contributed by atoms with Gasteiger partial charge < -0.3 is 10.1 Å². The maximum absolute atomic E-state index is 12.3. The molecular weight excluding hydrogens is 378 g/mol. The number of hydrogen-bond acceptors (Lipinski definition) is 7. The van der Waals surface area contributed by atoms with E-state index in [4.69, 9.17) is 4.74 Å². The highest BCUT2D eigenvalue weighted by molar-refractivity contribution is 7.98. The molecule has 0 radical (unpaired) electrons. The summed E-state index contributed by atoms with van der Waals surface area (Å²) in [6.45, 7) is 5.60. The van der Waals surface area contributed by atoms with Gasteiger partial charge in [-0.2, -0.15) is 4.98 Å². The monoisotopic (exact) mass is 405 g/mol. The van der Waals surface area contributed by atoms with Crippen LogP contribution in [0.15, 0.2) is 5.16 Å². The Kier molecular flexibility index (Phi) is 6.53. The third-order valence-electron chi connectivity index (χ3n) is 5.36. The van der Waals surface area contributed by atoms with E-state index >= 15 is 0 Å². The Labute approximate surface area is 168 Å².